The molecular weight excluding hydrogens is 388 g/mol. The standard InChI is InChI=1S/C21H24N4O3S/c1-13-10-14(2)20(15(3)11-13)22-17(26)12-25(4)19(27)8-7-18-23-21(24-28-18)16-6-5-9-29-16/h5-6,9-11H,7-8,12H2,1-4H3,(H,22,26). The number of carbonyl (C=O) groups is 2. The average molecular weight is 413 g/mol. The Morgan fingerprint density at radius 2 is 1.93 bits per heavy atom. The Hall–Kier alpha value is -3.00. The van der Waals surface area contributed by atoms with E-state index in [9.17, 15) is 9.59 Å². The molecule has 2 amide bonds. The van der Waals surface area contributed by atoms with E-state index in [1.54, 1.807) is 7.05 Å². The highest BCUT2D eigenvalue weighted by atomic mass is 32.1. The predicted molar refractivity (Wildman–Crippen MR) is 113 cm³/mol. The molecule has 0 aliphatic heterocycles. The van der Waals surface area contributed by atoms with Gasteiger partial charge in [-0.1, -0.05) is 28.9 Å². The van der Waals surface area contributed by atoms with Crippen LogP contribution in [-0.2, 0) is 16.0 Å². The minimum Gasteiger partial charge on any atom is -0.339 e. The monoisotopic (exact) mass is 412 g/mol. The molecule has 1 N–H and O–H groups in total. The lowest BCUT2D eigenvalue weighted by molar-refractivity contribution is -0.133. The van der Waals surface area contributed by atoms with E-state index in [1.165, 1.54) is 16.2 Å². The number of hydrogen-bond acceptors (Lipinski definition) is 6. The van der Waals surface area contributed by atoms with Gasteiger partial charge in [-0.25, -0.2) is 0 Å². The number of likely N-dealkylation sites (N-methyl/N-ethyl adjacent to an activating group) is 1. The maximum absolute atomic E-state index is 12.4. The highest BCUT2D eigenvalue weighted by Crippen LogP contribution is 2.22. The van der Waals surface area contributed by atoms with Gasteiger partial charge in [-0.05, 0) is 43.3 Å². The SMILES string of the molecule is Cc1cc(C)c(NC(=O)CN(C)C(=O)CCc2nc(-c3cccs3)no2)c(C)c1. The molecule has 3 rings (SSSR count). The third-order valence-corrected chi connectivity index (χ3v) is 5.38. The molecule has 2 heterocycles. The van der Waals surface area contributed by atoms with Gasteiger partial charge in [-0.15, -0.1) is 11.3 Å². The van der Waals surface area contributed by atoms with Crippen LogP contribution in [0.5, 0.6) is 0 Å². The van der Waals surface area contributed by atoms with E-state index in [-0.39, 0.29) is 24.8 Å². The van der Waals surface area contributed by atoms with E-state index in [2.05, 4.69) is 15.5 Å². The zero-order valence-corrected chi connectivity index (χ0v) is 17.8. The molecule has 0 saturated carbocycles. The first kappa shape index (κ1) is 20.7. The first-order valence-electron chi connectivity index (χ1n) is 9.31. The summed E-state index contributed by atoms with van der Waals surface area (Å²) in [5, 5.41) is 8.79. The van der Waals surface area contributed by atoms with Gasteiger partial charge in [0, 0.05) is 25.6 Å². The molecular formula is C21H24N4O3S. The zero-order valence-electron chi connectivity index (χ0n) is 17.0. The topological polar surface area (TPSA) is 88.3 Å². The van der Waals surface area contributed by atoms with Gasteiger partial charge >= 0.3 is 0 Å². The molecule has 0 unspecified atom stereocenters. The van der Waals surface area contributed by atoms with Crippen LogP contribution >= 0.6 is 11.3 Å². The number of benzene rings is 1. The average Bonchev–Trinajstić information content (AvgIpc) is 3.33. The zero-order chi connectivity index (χ0) is 21.0. The van der Waals surface area contributed by atoms with Gasteiger partial charge in [0.25, 0.3) is 0 Å². The van der Waals surface area contributed by atoms with Crippen molar-refractivity contribution in [3.63, 3.8) is 0 Å². The van der Waals surface area contributed by atoms with E-state index in [1.807, 2.05) is 50.4 Å². The Kier molecular flexibility index (Phi) is 6.43. The number of hydrogen-bond donors (Lipinski definition) is 1. The summed E-state index contributed by atoms with van der Waals surface area (Å²) in [4.78, 5) is 31.4. The summed E-state index contributed by atoms with van der Waals surface area (Å²) in [7, 11) is 1.61. The van der Waals surface area contributed by atoms with Crippen molar-refractivity contribution in [2.75, 3.05) is 18.9 Å². The summed E-state index contributed by atoms with van der Waals surface area (Å²) in [5.41, 5.74) is 3.95. The first-order chi connectivity index (χ1) is 13.8. The number of carbonyl (C=O) groups excluding carboxylic acids is 2. The van der Waals surface area contributed by atoms with Crippen LogP contribution < -0.4 is 5.32 Å². The molecule has 152 valence electrons. The number of nitrogens with zero attached hydrogens (tertiary/aromatic N) is 3. The predicted octanol–water partition coefficient (Wildman–Crippen LogP) is 3.75. The van der Waals surface area contributed by atoms with Crippen molar-refractivity contribution in [3.05, 3.63) is 52.2 Å². The minimum absolute atomic E-state index is 0.0180. The molecule has 29 heavy (non-hydrogen) atoms. The highest BCUT2D eigenvalue weighted by Gasteiger charge is 2.17. The molecule has 0 atom stereocenters. The second kappa shape index (κ2) is 9.00. The quantitative estimate of drug-likeness (QED) is 0.638. The smallest absolute Gasteiger partial charge is 0.243 e. The molecule has 8 heteroatoms. The molecule has 0 fully saturated rings. The van der Waals surface area contributed by atoms with Crippen LogP contribution in [0, 0.1) is 20.8 Å². The van der Waals surface area contributed by atoms with Crippen LogP contribution in [0.3, 0.4) is 0 Å². The second-order valence-electron chi connectivity index (χ2n) is 7.06. The number of amides is 2. The molecule has 2 aromatic heterocycles. The molecule has 0 spiro atoms. The van der Waals surface area contributed by atoms with Gasteiger partial charge < -0.3 is 14.7 Å². The first-order valence-corrected chi connectivity index (χ1v) is 10.2. The molecule has 1 aromatic carbocycles. The fourth-order valence-electron chi connectivity index (χ4n) is 3.13. The summed E-state index contributed by atoms with van der Waals surface area (Å²) in [5.74, 6) is 0.548. The number of anilines is 1. The summed E-state index contributed by atoms with van der Waals surface area (Å²) >= 11 is 1.52. The normalized spacial score (nSPS) is 10.8. The second-order valence-corrected chi connectivity index (χ2v) is 8.01. The van der Waals surface area contributed by atoms with Gasteiger partial charge in [0.2, 0.25) is 23.5 Å². The lowest BCUT2D eigenvalue weighted by atomic mass is 10.1. The molecule has 7 nitrogen and oxygen atoms in total. The maximum Gasteiger partial charge on any atom is 0.243 e. The molecule has 0 aliphatic carbocycles. The summed E-state index contributed by atoms with van der Waals surface area (Å²) in [6.45, 7) is 5.92. The van der Waals surface area contributed by atoms with Crippen molar-refractivity contribution >= 4 is 28.8 Å². The molecule has 0 saturated heterocycles. The molecule has 3 aromatic rings. The number of aryl methyl sites for hydroxylation is 4. The van der Waals surface area contributed by atoms with Crippen molar-refractivity contribution in [3.8, 4) is 10.7 Å². The lowest BCUT2D eigenvalue weighted by Gasteiger charge is -2.18. The number of thiophene rings is 1. The van der Waals surface area contributed by atoms with Crippen molar-refractivity contribution in [1.82, 2.24) is 15.0 Å². The summed E-state index contributed by atoms with van der Waals surface area (Å²) in [6.07, 6.45) is 0.526. The third-order valence-electron chi connectivity index (χ3n) is 4.51. The fourth-order valence-corrected chi connectivity index (χ4v) is 3.78. The van der Waals surface area contributed by atoms with Crippen LogP contribution in [-0.4, -0.2) is 40.4 Å². The van der Waals surface area contributed by atoms with Crippen molar-refractivity contribution in [2.45, 2.75) is 33.6 Å². The van der Waals surface area contributed by atoms with E-state index in [0.29, 0.717) is 18.1 Å². The van der Waals surface area contributed by atoms with Crippen molar-refractivity contribution in [2.24, 2.45) is 0 Å². The van der Waals surface area contributed by atoms with Crippen LogP contribution in [0.25, 0.3) is 10.7 Å². The lowest BCUT2D eigenvalue weighted by Crippen LogP contribution is -2.35. The Morgan fingerprint density at radius 1 is 1.21 bits per heavy atom. The maximum atomic E-state index is 12.4. The Labute approximate surface area is 173 Å². The fraction of sp³-hybridized carbons (Fsp3) is 0.333. The van der Waals surface area contributed by atoms with Gasteiger partial charge in [0.05, 0.1) is 11.4 Å². The van der Waals surface area contributed by atoms with Crippen LogP contribution in [0.4, 0.5) is 5.69 Å². The van der Waals surface area contributed by atoms with E-state index >= 15 is 0 Å². The van der Waals surface area contributed by atoms with E-state index in [4.69, 9.17) is 4.52 Å². The van der Waals surface area contributed by atoms with Crippen molar-refractivity contribution < 1.29 is 14.1 Å². The molecule has 0 bridgehead atoms. The third kappa shape index (κ3) is 5.29. The Morgan fingerprint density at radius 3 is 2.59 bits per heavy atom. The van der Waals surface area contributed by atoms with Gasteiger partial charge in [0.1, 0.15) is 0 Å². The van der Waals surface area contributed by atoms with Crippen LogP contribution in [0.1, 0.15) is 29.0 Å². The highest BCUT2D eigenvalue weighted by molar-refractivity contribution is 7.13. The largest absolute Gasteiger partial charge is 0.339 e. The van der Waals surface area contributed by atoms with Crippen molar-refractivity contribution in [1.29, 1.82) is 0 Å². The van der Waals surface area contributed by atoms with E-state index < -0.39 is 0 Å². The van der Waals surface area contributed by atoms with Gasteiger partial charge in [0.15, 0.2) is 0 Å². The number of rotatable bonds is 7. The van der Waals surface area contributed by atoms with E-state index in [0.717, 1.165) is 27.3 Å². The summed E-state index contributed by atoms with van der Waals surface area (Å²) < 4.78 is 5.21. The van der Waals surface area contributed by atoms with Gasteiger partial charge in [-0.2, -0.15) is 4.98 Å². The van der Waals surface area contributed by atoms with Crippen LogP contribution in [0.2, 0.25) is 0 Å². The van der Waals surface area contributed by atoms with Gasteiger partial charge in [-0.3, -0.25) is 9.59 Å². The Balaban J connectivity index is 1.51. The summed E-state index contributed by atoms with van der Waals surface area (Å²) in [6, 6.07) is 7.87. The number of aromatic nitrogens is 2. The molecule has 0 aliphatic rings. The molecule has 0 radical (unpaired) electrons. The van der Waals surface area contributed by atoms with Crippen LogP contribution in [0.15, 0.2) is 34.2 Å². The minimum atomic E-state index is -0.228. The number of nitrogens with one attached hydrogen (secondary N) is 1. The Bertz CT molecular complexity index is 988.